The van der Waals surface area contributed by atoms with Crippen LogP contribution in [0.15, 0.2) is 0 Å². The highest BCUT2D eigenvalue weighted by molar-refractivity contribution is 4.85. The number of rotatable bonds is 0. The Hall–Kier alpha value is -0.0800. The van der Waals surface area contributed by atoms with E-state index in [-0.39, 0.29) is 0 Å². The van der Waals surface area contributed by atoms with Gasteiger partial charge in [-0.15, -0.1) is 0 Å². The summed E-state index contributed by atoms with van der Waals surface area (Å²) in [4.78, 5) is 0. The fourth-order valence-electron chi connectivity index (χ4n) is 1.58. The number of nitrogens with zero attached hydrogens (tertiary/aromatic N) is 2. The Balaban J connectivity index is 2.11. The van der Waals surface area contributed by atoms with Crippen LogP contribution in [0, 0.1) is 11.8 Å². The van der Waals surface area contributed by atoms with Gasteiger partial charge in [0.25, 0.3) is 0 Å². The first-order valence-corrected chi connectivity index (χ1v) is 3.28. The lowest BCUT2D eigenvalue weighted by Gasteiger charge is -2.16. The van der Waals surface area contributed by atoms with Gasteiger partial charge in [0, 0.05) is 19.6 Å². The highest BCUT2D eigenvalue weighted by atomic mass is 15.5. The molecule has 8 heavy (non-hydrogen) atoms. The molecule has 0 aliphatic carbocycles. The molecule has 2 fully saturated rings. The summed E-state index contributed by atoms with van der Waals surface area (Å²) in [5, 5.41) is 2.20. The van der Waals surface area contributed by atoms with Crippen molar-refractivity contribution >= 4 is 0 Å². The van der Waals surface area contributed by atoms with Crippen molar-refractivity contribution in [2.24, 2.45) is 11.8 Å². The van der Waals surface area contributed by atoms with Gasteiger partial charge in [-0.3, -0.25) is 0 Å². The van der Waals surface area contributed by atoms with Gasteiger partial charge >= 0.3 is 0 Å². The molecule has 2 heteroatoms. The van der Waals surface area contributed by atoms with Crippen LogP contribution in [-0.4, -0.2) is 24.6 Å². The second kappa shape index (κ2) is 1.45. The predicted octanol–water partition coefficient (Wildman–Crippen LogP) is 0.0873. The smallest absolute Gasteiger partial charge is 0.0350 e. The average Bonchev–Trinajstić information content (AvgIpc) is 2.23. The minimum absolute atomic E-state index is 0.898. The molecule has 0 saturated carbocycles. The van der Waals surface area contributed by atoms with Crippen LogP contribution in [-0.2, 0) is 0 Å². The lowest BCUT2D eigenvalue weighted by molar-refractivity contribution is 0.229. The molecule has 2 saturated heterocycles. The second-order valence-electron chi connectivity index (χ2n) is 2.93. The third-order valence-corrected chi connectivity index (χ3v) is 2.26. The third kappa shape index (κ3) is 0.501. The van der Waals surface area contributed by atoms with E-state index in [1.807, 2.05) is 0 Å². The maximum atomic E-state index is 4.29. The molecule has 2 aliphatic rings. The van der Waals surface area contributed by atoms with Crippen molar-refractivity contribution in [3.05, 3.63) is 0 Å². The van der Waals surface area contributed by atoms with E-state index in [9.17, 15) is 0 Å². The number of hydrogen-bond acceptors (Lipinski definition) is 1. The molecule has 0 aromatic carbocycles. The van der Waals surface area contributed by atoms with Crippen LogP contribution in [0.3, 0.4) is 0 Å². The largest absolute Gasteiger partial charge is 0.226 e. The lowest BCUT2D eigenvalue weighted by Crippen LogP contribution is -2.29. The van der Waals surface area contributed by atoms with Gasteiger partial charge < -0.3 is 0 Å². The predicted molar refractivity (Wildman–Crippen MR) is 31.2 cm³/mol. The minimum atomic E-state index is 0.898. The first-order valence-electron chi connectivity index (χ1n) is 3.28. The van der Waals surface area contributed by atoms with E-state index in [0.29, 0.717) is 0 Å². The van der Waals surface area contributed by atoms with Gasteiger partial charge in [-0.05, 0) is 11.8 Å². The molecule has 0 spiro atoms. The molecular formula is C6H11N2. The fourth-order valence-corrected chi connectivity index (χ4v) is 1.58. The molecular weight excluding hydrogens is 100 g/mol. The molecule has 0 aromatic heterocycles. The topological polar surface area (TPSA) is 17.3 Å². The summed E-state index contributed by atoms with van der Waals surface area (Å²) in [6.07, 6.45) is 0. The minimum Gasteiger partial charge on any atom is -0.226 e. The molecule has 2 rings (SSSR count). The van der Waals surface area contributed by atoms with Gasteiger partial charge in [-0.25, -0.2) is 5.01 Å². The zero-order chi connectivity index (χ0) is 5.56. The first kappa shape index (κ1) is 4.77. The summed E-state index contributed by atoms with van der Waals surface area (Å²) in [5.41, 5.74) is 4.29. The fraction of sp³-hybridized carbons (Fsp3) is 1.00. The highest BCUT2D eigenvalue weighted by Gasteiger charge is 2.35. The van der Waals surface area contributed by atoms with Crippen LogP contribution in [0.1, 0.15) is 6.92 Å². The van der Waals surface area contributed by atoms with Gasteiger partial charge in [0.15, 0.2) is 0 Å². The Morgan fingerprint density at radius 3 is 2.62 bits per heavy atom. The maximum absolute atomic E-state index is 4.29. The molecule has 3 atom stereocenters. The summed E-state index contributed by atoms with van der Waals surface area (Å²) < 4.78 is 0. The number of fused-ring (bicyclic) bond motifs is 2. The zero-order valence-corrected chi connectivity index (χ0v) is 5.17. The SMILES string of the molecule is CC1CN2CC1C[N]2. The highest BCUT2D eigenvalue weighted by Crippen LogP contribution is 2.26. The molecule has 2 aliphatic heterocycles. The van der Waals surface area contributed by atoms with E-state index in [2.05, 4.69) is 17.4 Å². The van der Waals surface area contributed by atoms with Gasteiger partial charge in [-0.2, -0.15) is 5.43 Å². The molecule has 45 valence electrons. The summed E-state index contributed by atoms with van der Waals surface area (Å²) in [6.45, 7) is 5.87. The second-order valence-corrected chi connectivity index (χ2v) is 2.93. The quantitative estimate of drug-likeness (QED) is 0.433. The van der Waals surface area contributed by atoms with Gasteiger partial charge in [-0.1, -0.05) is 6.92 Å². The molecule has 0 amide bonds. The third-order valence-electron chi connectivity index (χ3n) is 2.26. The van der Waals surface area contributed by atoms with E-state index >= 15 is 0 Å². The number of hydrogen-bond donors (Lipinski definition) is 0. The summed E-state index contributed by atoms with van der Waals surface area (Å²) in [7, 11) is 0. The van der Waals surface area contributed by atoms with Crippen molar-refractivity contribution in [2.75, 3.05) is 19.6 Å². The first-order chi connectivity index (χ1) is 3.86. The Bertz CT molecular complexity index is 101. The van der Waals surface area contributed by atoms with Crippen molar-refractivity contribution < 1.29 is 0 Å². The lowest BCUT2D eigenvalue weighted by atomic mass is 9.99. The molecule has 1 radical (unpaired) electrons. The van der Waals surface area contributed by atoms with E-state index in [0.717, 1.165) is 18.4 Å². The molecule has 2 nitrogen and oxygen atoms in total. The Morgan fingerprint density at radius 1 is 1.50 bits per heavy atom. The standard InChI is InChI=1S/C6H11N2/c1-5-3-8-4-6(5)2-7-8/h5-6H,2-4H2,1H3. The molecule has 3 unspecified atom stereocenters. The van der Waals surface area contributed by atoms with Crippen molar-refractivity contribution in [3.8, 4) is 0 Å². The van der Waals surface area contributed by atoms with Crippen LogP contribution in [0.5, 0.6) is 0 Å². The van der Waals surface area contributed by atoms with Gasteiger partial charge in [0.2, 0.25) is 0 Å². The van der Waals surface area contributed by atoms with Crippen LogP contribution in [0.2, 0.25) is 0 Å². The van der Waals surface area contributed by atoms with Crippen molar-refractivity contribution in [2.45, 2.75) is 6.92 Å². The Kier molecular flexibility index (Phi) is 0.866. The van der Waals surface area contributed by atoms with Crippen LogP contribution >= 0.6 is 0 Å². The monoisotopic (exact) mass is 111 g/mol. The molecule has 0 N–H and O–H groups in total. The zero-order valence-electron chi connectivity index (χ0n) is 5.17. The Labute approximate surface area is 49.8 Å². The molecule has 2 heterocycles. The van der Waals surface area contributed by atoms with Gasteiger partial charge in [0.1, 0.15) is 0 Å². The van der Waals surface area contributed by atoms with Crippen LogP contribution in [0.4, 0.5) is 0 Å². The van der Waals surface area contributed by atoms with Crippen molar-refractivity contribution in [1.29, 1.82) is 0 Å². The summed E-state index contributed by atoms with van der Waals surface area (Å²) in [5.74, 6) is 1.81. The van der Waals surface area contributed by atoms with Crippen molar-refractivity contribution in [3.63, 3.8) is 0 Å². The van der Waals surface area contributed by atoms with Crippen LogP contribution < -0.4 is 5.43 Å². The van der Waals surface area contributed by atoms with E-state index in [1.165, 1.54) is 13.1 Å². The molecule has 2 bridgehead atoms. The van der Waals surface area contributed by atoms with Crippen LogP contribution in [0.25, 0.3) is 0 Å². The summed E-state index contributed by atoms with van der Waals surface area (Å²) >= 11 is 0. The maximum Gasteiger partial charge on any atom is 0.0350 e. The van der Waals surface area contributed by atoms with E-state index in [4.69, 9.17) is 0 Å². The normalized spacial score (nSPS) is 52.9. The Morgan fingerprint density at radius 2 is 2.38 bits per heavy atom. The summed E-state index contributed by atoms with van der Waals surface area (Å²) in [6, 6.07) is 0. The molecule has 0 aromatic rings. The average molecular weight is 111 g/mol. The van der Waals surface area contributed by atoms with E-state index < -0.39 is 0 Å². The van der Waals surface area contributed by atoms with E-state index in [1.54, 1.807) is 0 Å². The van der Waals surface area contributed by atoms with Gasteiger partial charge in [0.05, 0.1) is 0 Å². The van der Waals surface area contributed by atoms with Crippen molar-refractivity contribution in [1.82, 2.24) is 10.4 Å².